The fourth-order valence-electron chi connectivity index (χ4n) is 3.02. The van der Waals surface area contributed by atoms with Gasteiger partial charge in [0.2, 0.25) is 0 Å². The van der Waals surface area contributed by atoms with Gasteiger partial charge < -0.3 is 15.1 Å². The first-order valence-corrected chi connectivity index (χ1v) is 9.03. The molecule has 25 heavy (non-hydrogen) atoms. The number of carbonyl (C=O) groups is 1. The number of hydrogen-bond donors (Lipinski definition) is 1. The first kappa shape index (κ1) is 17.9. The number of halogens is 2. The smallest absolute Gasteiger partial charge is 0.322 e. The molecule has 4 nitrogen and oxygen atoms in total. The zero-order chi connectivity index (χ0) is 18.0. The van der Waals surface area contributed by atoms with Crippen molar-refractivity contribution in [2.24, 2.45) is 0 Å². The molecule has 0 radical (unpaired) electrons. The minimum atomic E-state index is -0.148. The average molecular weight is 378 g/mol. The summed E-state index contributed by atoms with van der Waals surface area (Å²) in [6.45, 7) is 7.21. The number of hydrogen-bond acceptors (Lipinski definition) is 2. The fraction of sp³-hybridized carbons (Fsp3) is 0.316. The maximum atomic E-state index is 12.5. The van der Waals surface area contributed by atoms with Crippen molar-refractivity contribution in [2.75, 3.05) is 36.4 Å². The van der Waals surface area contributed by atoms with E-state index in [0.29, 0.717) is 28.8 Å². The quantitative estimate of drug-likeness (QED) is 0.801. The number of nitrogens with one attached hydrogen (secondary N) is 1. The van der Waals surface area contributed by atoms with E-state index < -0.39 is 0 Å². The number of rotatable bonds is 2. The van der Waals surface area contributed by atoms with Gasteiger partial charge in [0.25, 0.3) is 0 Å². The Labute approximate surface area is 158 Å². The van der Waals surface area contributed by atoms with E-state index in [1.807, 2.05) is 0 Å². The molecule has 0 spiro atoms. The lowest BCUT2D eigenvalue weighted by molar-refractivity contribution is 0.208. The van der Waals surface area contributed by atoms with E-state index in [0.717, 1.165) is 13.1 Å². The molecule has 0 aromatic heterocycles. The molecule has 0 aliphatic carbocycles. The molecule has 1 saturated heterocycles. The van der Waals surface area contributed by atoms with E-state index in [2.05, 4.69) is 42.3 Å². The van der Waals surface area contributed by atoms with Crippen molar-refractivity contribution in [1.29, 1.82) is 0 Å². The van der Waals surface area contributed by atoms with Gasteiger partial charge in [-0.15, -0.1) is 0 Å². The Hall–Kier alpha value is -1.91. The molecule has 0 saturated carbocycles. The Morgan fingerprint density at radius 1 is 1.04 bits per heavy atom. The van der Waals surface area contributed by atoms with Gasteiger partial charge in [0.15, 0.2) is 0 Å². The summed E-state index contributed by atoms with van der Waals surface area (Å²) in [6.07, 6.45) is 0. The third-order valence-corrected chi connectivity index (χ3v) is 5.22. The predicted molar refractivity (Wildman–Crippen MR) is 105 cm³/mol. The zero-order valence-corrected chi connectivity index (χ0v) is 15.9. The highest BCUT2D eigenvalue weighted by Crippen LogP contribution is 2.27. The van der Waals surface area contributed by atoms with E-state index in [-0.39, 0.29) is 6.03 Å². The van der Waals surface area contributed by atoms with Gasteiger partial charge in [-0.1, -0.05) is 35.3 Å². The van der Waals surface area contributed by atoms with Gasteiger partial charge in [-0.05, 0) is 49.2 Å². The zero-order valence-electron chi connectivity index (χ0n) is 14.4. The van der Waals surface area contributed by atoms with Gasteiger partial charge in [-0.3, -0.25) is 0 Å². The van der Waals surface area contributed by atoms with Gasteiger partial charge in [0, 0.05) is 36.9 Å². The van der Waals surface area contributed by atoms with Crippen molar-refractivity contribution >= 4 is 40.6 Å². The van der Waals surface area contributed by atoms with Crippen LogP contribution in [0.25, 0.3) is 0 Å². The molecular formula is C19H21Cl2N3O. The maximum Gasteiger partial charge on any atom is 0.322 e. The number of aryl methyl sites for hydroxylation is 1. The van der Waals surface area contributed by atoms with Crippen molar-refractivity contribution in [3.63, 3.8) is 0 Å². The van der Waals surface area contributed by atoms with Crippen LogP contribution in [0, 0.1) is 13.8 Å². The highest BCUT2D eigenvalue weighted by Gasteiger charge is 2.22. The lowest BCUT2D eigenvalue weighted by Gasteiger charge is -2.37. The van der Waals surface area contributed by atoms with Gasteiger partial charge in [-0.25, -0.2) is 4.79 Å². The Balaban J connectivity index is 1.63. The van der Waals surface area contributed by atoms with Crippen LogP contribution in [-0.2, 0) is 0 Å². The van der Waals surface area contributed by atoms with Gasteiger partial charge in [0.05, 0.1) is 10.7 Å². The molecule has 132 valence electrons. The van der Waals surface area contributed by atoms with Crippen molar-refractivity contribution in [2.45, 2.75) is 13.8 Å². The molecule has 1 N–H and O–H groups in total. The number of urea groups is 1. The predicted octanol–water partition coefficient (Wildman–Crippen LogP) is 4.96. The lowest BCUT2D eigenvalue weighted by Crippen LogP contribution is -2.50. The maximum absolute atomic E-state index is 12.5. The summed E-state index contributed by atoms with van der Waals surface area (Å²) in [5, 5.41) is 3.87. The van der Waals surface area contributed by atoms with Crippen LogP contribution in [0.5, 0.6) is 0 Å². The summed E-state index contributed by atoms with van der Waals surface area (Å²) in [6, 6.07) is 11.2. The number of nitrogens with zero attached hydrogens (tertiary/aromatic N) is 2. The molecule has 0 bridgehead atoms. The summed E-state index contributed by atoms with van der Waals surface area (Å²) >= 11 is 12.1. The molecule has 3 rings (SSSR count). The van der Waals surface area contributed by atoms with Crippen molar-refractivity contribution in [3.8, 4) is 0 Å². The average Bonchev–Trinajstić information content (AvgIpc) is 2.61. The van der Waals surface area contributed by atoms with E-state index >= 15 is 0 Å². The molecule has 1 heterocycles. The second kappa shape index (κ2) is 7.54. The molecular weight excluding hydrogens is 357 g/mol. The van der Waals surface area contributed by atoms with E-state index in [9.17, 15) is 4.79 Å². The second-order valence-electron chi connectivity index (χ2n) is 6.25. The summed E-state index contributed by atoms with van der Waals surface area (Å²) in [5.74, 6) is 0. The molecule has 0 unspecified atom stereocenters. The first-order chi connectivity index (χ1) is 12.0. The van der Waals surface area contributed by atoms with Gasteiger partial charge in [0.1, 0.15) is 0 Å². The van der Waals surface area contributed by atoms with Crippen LogP contribution in [-0.4, -0.2) is 37.1 Å². The Morgan fingerprint density at radius 2 is 1.76 bits per heavy atom. The molecule has 2 aromatic carbocycles. The van der Waals surface area contributed by atoms with Crippen LogP contribution >= 0.6 is 23.2 Å². The number of carbonyl (C=O) groups excluding carboxylic acids is 1. The van der Waals surface area contributed by atoms with E-state index in [1.165, 1.54) is 16.8 Å². The minimum Gasteiger partial charge on any atom is -0.368 e. The summed E-state index contributed by atoms with van der Waals surface area (Å²) in [4.78, 5) is 16.6. The van der Waals surface area contributed by atoms with Crippen LogP contribution in [0.1, 0.15) is 11.1 Å². The molecule has 0 atom stereocenters. The van der Waals surface area contributed by atoms with Gasteiger partial charge in [-0.2, -0.15) is 0 Å². The normalized spacial score (nSPS) is 14.6. The third kappa shape index (κ3) is 4.02. The molecule has 1 fully saturated rings. The molecule has 1 aliphatic rings. The van der Waals surface area contributed by atoms with Crippen molar-refractivity contribution in [3.05, 3.63) is 57.6 Å². The Morgan fingerprint density at radius 3 is 2.48 bits per heavy atom. The highest BCUT2D eigenvalue weighted by atomic mass is 35.5. The van der Waals surface area contributed by atoms with E-state index in [4.69, 9.17) is 23.2 Å². The van der Waals surface area contributed by atoms with Crippen molar-refractivity contribution < 1.29 is 4.79 Å². The van der Waals surface area contributed by atoms with Crippen LogP contribution in [0.4, 0.5) is 16.2 Å². The largest absolute Gasteiger partial charge is 0.368 e. The third-order valence-electron chi connectivity index (χ3n) is 4.65. The Kier molecular flexibility index (Phi) is 5.40. The molecule has 2 aromatic rings. The minimum absolute atomic E-state index is 0.148. The summed E-state index contributed by atoms with van der Waals surface area (Å²) < 4.78 is 0. The highest BCUT2D eigenvalue weighted by molar-refractivity contribution is 6.35. The Bertz CT molecular complexity index is 786. The van der Waals surface area contributed by atoms with Crippen LogP contribution in [0.2, 0.25) is 10.0 Å². The lowest BCUT2D eigenvalue weighted by atomic mass is 10.1. The van der Waals surface area contributed by atoms with Crippen molar-refractivity contribution in [1.82, 2.24) is 4.90 Å². The number of amides is 2. The van der Waals surface area contributed by atoms with Crippen LogP contribution in [0.15, 0.2) is 36.4 Å². The second-order valence-corrected chi connectivity index (χ2v) is 7.09. The monoisotopic (exact) mass is 377 g/mol. The summed E-state index contributed by atoms with van der Waals surface area (Å²) in [7, 11) is 0. The number of benzene rings is 2. The molecule has 6 heteroatoms. The van der Waals surface area contributed by atoms with E-state index in [1.54, 1.807) is 23.1 Å². The van der Waals surface area contributed by atoms with Crippen LogP contribution < -0.4 is 10.2 Å². The SMILES string of the molecule is Cc1cccc(N2CCN(C(=O)Nc3cc(Cl)ccc3Cl)CC2)c1C. The number of anilines is 2. The fourth-order valence-corrected chi connectivity index (χ4v) is 3.35. The topological polar surface area (TPSA) is 35.6 Å². The number of piperazine rings is 1. The standard InChI is InChI=1S/C19H21Cl2N3O/c1-13-4-3-5-18(14(13)2)23-8-10-24(11-9-23)19(25)22-17-12-15(20)6-7-16(17)21/h3-7,12H,8-11H2,1-2H3,(H,22,25). The van der Waals surface area contributed by atoms with Gasteiger partial charge >= 0.3 is 6.03 Å². The summed E-state index contributed by atoms with van der Waals surface area (Å²) in [5.41, 5.74) is 4.37. The first-order valence-electron chi connectivity index (χ1n) is 8.28. The molecule has 1 aliphatic heterocycles. The molecule has 2 amide bonds. The van der Waals surface area contributed by atoms with Crippen LogP contribution in [0.3, 0.4) is 0 Å².